The number of aliphatic hydroxyl groups is 1. The molecule has 0 spiro atoms. The fourth-order valence-electron chi connectivity index (χ4n) is 4.88. The van der Waals surface area contributed by atoms with Gasteiger partial charge in [0.25, 0.3) is 0 Å². The molecule has 3 aliphatic rings. The minimum absolute atomic E-state index is 0.108. The summed E-state index contributed by atoms with van der Waals surface area (Å²) in [6, 6.07) is 0. The van der Waals surface area contributed by atoms with E-state index in [1.54, 1.807) is 7.11 Å². The Bertz CT molecular complexity index is 479. The second-order valence-electron chi connectivity index (χ2n) is 7.36. The van der Waals surface area contributed by atoms with E-state index in [2.05, 4.69) is 20.8 Å². The van der Waals surface area contributed by atoms with Crippen LogP contribution in [0.15, 0.2) is 11.1 Å². The van der Waals surface area contributed by atoms with Crippen LogP contribution in [0, 0.1) is 16.7 Å². The number of cyclic esters (lactones) is 1. The molecule has 1 fully saturated rings. The minimum atomic E-state index is -0.715. The first kappa shape index (κ1) is 14.1. The topological polar surface area (TPSA) is 55.8 Å². The molecule has 0 aromatic rings. The molecule has 4 atom stereocenters. The Kier molecular flexibility index (Phi) is 3.04. The molecule has 0 bridgehead atoms. The Labute approximate surface area is 120 Å². The summed E-state index contributed by atoms with van der Waals surface area (Å²) in [5.74, 6) is -0.0490. The Morgan fingerprint density at radius 3 is 2.65 bits per heavy atom. The fraction of sp³-hybridized carbons (Fsp3) is 0.812. The smallest absolute Gasteiger partial charge is 0.339 e. The summed E-state index contributed by atoms with van der Waals surface area (Å²) < 4.78 is 10.7. The molecule has 1 N–H and O–H groups in total. The molecule has 4 nitrogen and oxygen atoms in total. The van der Waals surface area contributed by atoms with Crippen molar-refractivity contribution in [2.45, 2.75) is 58.8 Å². The third-order valence-corrected chi connectivity index (χ3v) is 5.81. The molecule has 0 unspecified atom stereocenters. The maximum Gasteiger partial charge on any atom is 0.339 e. The summed E-state index contributed by atoms with van der Waals surface area (Å²) in [5, 5.41) is 10.4. The number of aliphatic hydroxyl groups excluding tert-OH is 1. The minimum Gasteiger partial charge on any atom is -0.428 e. The van der Waals surface area contributed by atoms with Crippen molar-refractivity contribution in [1.29, 1.82) is 0 Å². The van der Waals surface area contributed by atoms with Crippen LogP contribution in [0.5, 0.6) is 0 Å². The second kappa shape index (κ2) is 4.31. The second-order valence-corrected chi connectivity index (χ2v) is 7.36. The average molecular weight is 280 g/mol. The molecule has 112 valence electrons. The lowest BCUT2D eigenvalue weighted by Gasteiger charge is -2.54. The molecule has 0 aromatic heterocycles. The highest BCUT2D eigenvalue weighted by Crippen LogP contribution is 2.61. The van der Waals surface area contributed by atoms with Crippen LogP contribution in [-0.2, 0) is 14.3 Å². The van der Waals surface area contributed by atoms with Crippen molar-refractivity contribution in [3.63, 3.8) is 0 Å². The highest BCUT2D eigenvalue weighted by molar-refractivity contribution is 5.94. The quantitative estimate of drug-likeness (QED) is 0.749. The van der Waals surface area contributed by atoms with E-state index in [1.807, 2.05) is 0 Å². The van der Waals surface area contributed by atoms with Crippen molar-refractivity contribution in [2.24, 2.45) is 16.7 Å². The van der Waals surface area contributed by atoms with Gasteiger partial charge in [0.05, 0.1) is 11.7 Å². The number of hydrogen-bond acceptors (Lipinski definition) is 4. The van der Waals surface area contributed by atoms with Crippen LogP contribution >= 0.6 is 0 Å². The Balaban J connectivity index is 2.14. The zero-order valence-electron chi connectivity index (χ0n) is 12.7. The lowest BCUT2D eigenvalue weighted by molar-refractivity contribution is -0.158. The monoisotopic (exact) mass is 280 g/mol. The first-order valence-electron chi connectivity index (χ1n) is 7.47. The number of fused-ring (bicyclic) bond motifs is 2. The van der Waals surface area contributed by atoms with Crippen LogP contribution in [0.3, 0.4) is 0 Å². The number of hydrogen-bond donors (Lipinski definition) is 1. The van der Waals surface area contributed by atoms with Crippen LogP contribution in [0.2, 0.25) is 0 Å². The molecular weight excluding hydrogens is 256 g/mol. The van der Waals surface area contributed by atoms with Crippen LogP contribution in [-0.4, -0.2) is 30.6 Å². The number of methoxy groups -OCH3 is 1. The van der Waals surface area contributed by atoms with Crippen LogP contribution in [0.4, 0.5) is 0 Å². The molecule has 0 amide bonds. The van der Waals surface area contributed by atoms with Crippen LogP contribution < -0.4 is 0 Å². The molecule has 20 heavy (non-hydrogen) atoms. The molecule has 3 rings (SSSR count). The van der Waals surface area contributed by atoms with E-state index in [4.69, 9.17) is 9.47 Å². The predicted molar refractivity (Wildman–Crippen MR) is 73.8 cm³/mol. The number of rotatable bonds is 1. The molecule has 1 saturated carbocycles. The Morgan fingerprint density at radius 2 is 2.00 bits per heavy atom. The number of ether oxygens (including phenoxy) is 2. The third kappa shape index (κ3) is 1.70. The summed E-state index contributed by atoms with van der Waals surface area (Å²) in [6.45, 7) is 6.76. The van der Waals surface area contributed by atoms with Crippen molar-refractivity contribution < 1.29 is 19.4 Å². The van der Waals surface area contributed by atoms with E-state index in [0.717, 1.165) is 24.8 Å². The summed E-state index contributed by atoms with van der Waals surface area (Å²) in [6.07, 6.45) is 2.64. The normalized spacial score (nSPS) is 43.0. The van der Waals surface area contributed by atoms with E-state index in [9.17, 15) is 9.90 Å². The van der Waals surface area contributed by atoms with Crippen LogP contribution in [0.25, 0.3) is 0 Å². The molecule has 2 aliphatic carbocycles. The summed E-state index contributed by atoms with van der Waals surface area (Å²) in [5.41, 5.74) is 1.43. The first-order chi connectivity index (χ1) is 9.31. The largest absolute Gasteiger partial charge is 0.428 e. The van der Waals surface area contributed by atoms with Gasteiger partial charge < -0.3 is 14.6 Å². The third-order valence-electron chi connectivity index (χ3n) is 5.81. The fourth-order valence-corrected chi connectivity index (χ4v) is 4.88. The highest BCUT2D eigenvalue weighted by atomic mass is 16.7. The number of esters is 1. The van der Waals surface area contributed by atoms with Gasteiger partial charge in [0.2, 0.25) is 6.29 Å². The average Bonchev–Trinajstić information content (AvgIpc) is 2.71. The van der Waals surface area contributed by atoms with Gasteiger partial charge in [-0.1, -0.05) is 27.2 Å². The first-order valence-corrected chi connectivity index (χ1v) is 7.47. The van der Waals surface area contributed by atoms with E-state index < -0.39 is 18.4 Å². The number of carbonyl (C=O) groups excluding carboxylic acids is 1. The van der Waals surface area contributed by atoms with Gasteiger partial charge in [-0.05, 0) is 36.0 Å². The van der Waals surface area contributed by atoms with E-state index in [-0.39, 0.29) is 10.8 Å². The summed E-state index contributed by atoms with van der Waals surface area (Å²) in [4.78, 5) is 12.0. The zero-order valence-corrected chi connectivity index (χ0v) is 12.7. The molecule has 1 aliphatic heterocycles. The Morgan fingerprint density at radius 1 is 1.30 bits per heavy atom. The summed E-state index contributed by atoms with van der Waals surface area (Å²) in [7, 11) is 1.56. The Hall–Kier alpha value is -0.870. The maximum atomic E-state index is 12.0. The van der Waals surface area contributed by atoms with E-state index >= 15 is 0 Å². The van der Waals surface area contributed by atoms with Gasteiger partial charge in [0.1, 0.15) is 0 Å². The van der Waals surface area contributed by atoms with Crippen molar-refractivity contribution in [1.82, 2.24) is 0 Å². The van der Waals surface area contributed by atoms with Gasteiger partial charge in [0, 0.05) is 12.7 Å². The maximum absolute atomic E-state index is 12.0. The summed E-state index contributed by atoms with van der Waals surface area (Å²) >= 11 is 0. The van der Waals surface area contributed by atoms with Gasteiger partial charge >= 0.3 is 5.97 Å². The molecular formula is C16H24O4. The van der Waals surface area contributed by atoms with Gasteiger partial charge in [-0.3, -0.25) is 0 Å². The zero-order chi connectivity index (χ0) is 14.7. The molecule has 0 saturated heterocycles. The van der Waals surface area contributed by atoms with Crippen molar-refractivity contribution >= 4 is 5.97 Å². The van der Waals surface area contributed by atoms with Crippen molar-refractivity contribution in [3.8, 4) is 0 Å². The molecule has 0 aromatic carbocycles. The van der Waals surface area contributed by atoms with E-state index in [0.29, 0.717) is 17.9 Å². The van der Waals surface area contributed by atoms with Crippen molar-refractivity contribution in [2.75, 3.05) is 7.11 Å². The van der Waals surface area contributed by atoms with Crippen LogP contribution in [0.1, 0.15) is 46.5 Å². The lowest BCUT2D eigenvalue weighted by Crippen LogP contribution is -2.50. The van der Waals surface area contributed by atoms with Gasteiger partial charge in [-0.15, -0.1) is 0 Å². The van der Waals surface area contributed by atoms with Gasteiger partial charge in [-0.2, -0.15) is 0 Å². The van der Waals surface area contributed by atoms with Crippen molar-refractivity contribution in [3.05, 3.63) is 11.1 Å². The SMILES string of the molecule is CO[C@@H]1OC(=O)C2=C1[C@@]1(C)CCCC(C)(C)[C@@H]1C[C@@H]2O. The lowest BCUT2D eigenvalue weighted by atomic mass is 9.50. The van der Waals surface area contributed by atoms with E-state index in [1.165, 1.54) is 0 Å². The molecule has 4 heteroatoms. The molecule has 1 heterocycles. The number of carbonyl (C=O) groups is 1. The highest BCUT2D eigenvalue weighted by Gasteiger charge is 2.58. The standard InChI is InChI=1S/C16H24O4/c1-15(2)6-5-7-16(3)10(15)8-9(17)11-12(16)14(19-4)20-13(11)18/h9-10,14,17H,5-8H2,1-4H3/t9-,10-,14+,16-/m0/s1. The molecule has 0 radical (unpaired) electrons. The van der Waals surface area contributed by atoms with Gasteiger partial charge in [0.15, 0.2) is 0 Å². The predicted octanol–water partition coefficient (Wildman–Crippen LogP) is 2.41. The van der Waals surface area contributed by atoms with Gasteiger partial charge in [-0.25, -0.2) is 4.79 Å².